The van der Waals surface area contributed by atoms with Crippen molar-refractivity contribution in [2.45, 2.75) is 266 Å². The molecule has 17 atom stereocenters. The van der Waals surface area contributed by atoms with Crippen LogP contribution in [-0.4, -0.2) is 45.7 Å². The Morgan fingerprint density at radius 3 is 1.63 bits per heavy atom. The molecule has 2 aliphatic heterocycles. The Morgan fingerprint density at radius 2 is 0.797 bits per heavy atom. The lowest BCUT2D eigenvalue weighted by Crippen LogP contribution is -2.54. The summed E-state index contributed by atoms with van der Waals surface area (Å²) < 4.78 is 7.71. The molecule has 0 aromatic heterocycles. The fraction of sp³-hybridized carbons (Fsp3) is 1.00. The first-order valence-electron chi connectivity index (χ1n) is 28.3. The third kappa shape index (κ3) is 7.85. The Labute approximate surface area is 368 Å². The largest absolute Gasteiger partial charge is 0.374 e. The van der Waals surface area contributed by atoms with Crippen LogP contribution in [0.2, 0.25) is 0 Å². The zero-order valence-corrected chi connectivity index (χ0v) is 39.0. The van der Waals surface area contributed by atoms with E-state index >= 15 is 0 Å². The molecule has 59 heavy (non-hydrogen) atoms. The van der Waals surface area contributed by atoms with Gasteiger partial charge < -0.3 is 4.74 Å². The molecule has 3 heteroatoms. The van der Waals surface area contributed by atoms with Crippen LogP contribution in [0.5, 0.6) is 0 Å². The second-order valence-corrected chi connectivity index (χ2v) is 26.6. The summed E-state index contributed by atoms with van der Waals surface area (Å²) in [5.41, 5.74) is 0. The van der Waals surface area contributed by atoms with Crippen molar-refractivity contribution in [1.82, 2.24) is 4.90 Å². The maximum Gasteiger partial charge on any atom is 0.0652 e. The quantitative estimate of drug-likeness (QED) is 0.265. The molecule has 2 saturated heterocycles. The zero-order valence-electron chi connectivity index (χ0n) is 38.1. The molecule has 17 unspecified atom stereocenters. The number of hydrogen-bond acceptors (Lipinski definition) is 3. The number of nitrogens with zero attached hydrogens (tertiary/aromatic N) is 1. The molecule has 0 N–H and O–H groups in total. The molecular formula is C56H91NOS. The molecule has 12 rings (SSSR count). The molecule has 0 amide bonds. The standard InChI is InChI=1S/C56H91NOS/c1-2-12-40-34-41(23-22-36(40)10-1)37-24-28-43(29-25-37)57(44-30-26-39(27-31-44)47-18-8-13-38-11-3-4-16-46(38)47)45-15-7-14-42(35-45)48-19-9-20-49-50-32-33-53-54(56(50)58-55(48)49)51-17-5-6-21-52(51)59-53/h36-56H,1-35H2. The van der Waals surface area contributed by atoms with Gasteiger partial charge in [0.2, 0.25) is 0 Å². The van der Waals surface area contributed by atoms with Crippen molar-refractivity contribution in [3.8, 4) is 0 Å². The lowest BCUT2D eigenvalue weighted by atomic mass is 9.59. The van der Waals surface area contributed by atoms with Crippen LogP contribution >= 0.6 is 11.8 Å². The van der Waals surface area contributed by atoms with Gasteiger partial charge in [0.05, 0.1) is 12.2 Å². The van der Waals surface area contributed by atoms with Gasteiger partial charge in [-0.05, 0) is 218 Å². The van der Waals surface area contributed by atoms with Crippen LogP contribution in [0.1, 0.15) is 225 Å². The summed E-state index contributed by atoms with van der Waals surface area (Å²) in [4.78, 5) is 3.42. The molecule has 10 saturated carbocycles. The van der Waals surface area contributed by atoms with E-state index in [0.717, 1.165) is 111 Å². The van der Waals surface area contributed by atoms with Gasteiger partial charge in [0.1, 0.15) is 0 Å². The third-order valence-corrected chi connectivity index (χ3v) is 24.8. The predicted octanol–water partition coefficient (Wildman–Crippen LogP) is 15.1. The van der Waals surface area contributed by atoms with E-state index in [1.807, 2.05) is 0 Å². The van der Waals surface area contributed by atoms with E-state index in [1.54, 1.807) is 135 Å². The lowest BCUT2D eigenvalue weighted by Gasteiger charge is -2.53. The molecule has 0 aromatic rings. The predicted molar refractivity (Wildman–Crippen MR) is 247 cm³/mol. The first kappa shape index (κ1) is 40.8. The van der Waals surface area contributed by atoms with Crippen molar-refractivity contribution < 1.29 is 4.74 Å². The molecule has 332 valence electrons. The topological polar surface area (TPSA) is 12.5 Å². The highest BCUT2D eigenvalue weighted by Gasteiger charge is 2.60. The SMILES string of the molecule is C1CCC2CC(C3CCC(N(C4CCC(C5CCCC6CCCCC65)CC4)C4CCCC(C5CCCC6C7CCC8SC9CCCCC9C8C7OC56)C4)CC3)CCC2C1. The highest BCUT2D eigenvalue weighted by atomic mass is 32.2. The van der Waals surface area contributed by atoms with Crippen LogP contribution in [0.15, 0.2) is 0 Å². The second kappa shape index (κ2) is 17.9. The molecule has 12 aliphatic rings. The van der Waals surface area contributed by atoms with E-state index in [4.69, 9.17) is 4.74 Å². The van der Waals surface area contributed by atoms with Gasteiger partial charge >= 0.3 is 0 Å². The van der Waals surface area contributed by atoms with E-state index in [-0.39, 0.29) is 0 Å². The van der Waals surface area contributed by atoms with Gasteiger partial charge in [-0.3, -0.25) is 4.90 Å². The van der Waals surface area contributed by atoms with Crippen LogP contribution in [0.25, 0.3) is 0 Å². The number of rotatable bonds is 6. The van der Waals surface area contributed by atoms with Gasteiger partial charge in [-0.15, -0.1) is 0 Å². The highest BCUT2D eigenvalue weighted by Crippen LogP contribution is 2.62. The van der Waals surface area contributed by atoms with Crippen molar-refractivity contribution in [3.63, 3.8) is 0 Å². The van der Waals surface area contributed by atoms with Gasteiger partial charge in [-0.25, -0.2) is 0 Å². The number of thioether (sulfide) groups is 1. The summed E-state index contributed by atoms with van der Waals surface area (Å²) in [5.74, 6) is 14.2. The Bertz CT molecular complexity index is 1380. The van der Waals surface area contributed by atoms with E-state index < -0.39 is 0 Å². The van der Waals surface area contributed by atoms with Crippen LogP contribution in [0.3, 0.4) is 0 Å². The average molecular weight is 826 g/mol. The van der Waals surface area contributed by atoms with Gasteiger partial charge in [0, 0.05) is 34.5 Å². The summed E-state index contributed by atoms with van der Waals surface area (Å²) in [6.45, 7) is 0. The van der Waals surface area contributed by atoms with Gasteiger partial charge in [-0.1, -0.05) is 83.5 Å². The maximum atomic E-state index is 7.71. The third-order valence-electron chi connectivity index (χ3n) is 22.9. The molecule has 0 bridgehead atoms. The molecule has 0 aromatic carbocycles. The Morgan fingerprint density at radius 1 is 0.288 bits per heavy atom. The summed E-state index contributed by atoms with van der Waals surface area (Å²) in [6, 6.07) is 2.66. The van der Waals surface area contributed by atoms with Crippen molar-refractivity contribution >= 4 is 11.8 Å². The monoisotopic (exact) mass is 826 g/mol. The summed E-state index contributed by atoms with van der Waals surface area (Å²) in [6.07, 6.45) is 55.4. The van der Waals surface area contributed by atoms with Gasteiger partial charge in [0.25, 0.3) is 0 Å². The Hall–Kier alpha value is 0.270. The summed E-state index contributed by atoms with van der Waals surface area (Å²) in [7, 11) is 0. The Balaban J connectivity index is 0.747. The minimum absolute atomic E-state index is 0.617. The van der Waals surface area contributed by atoms with Crippen LogP contribution in [-0.2, 0) is 4.74 Å². The second-order valence-electron chi connectivity index (χ2n) is 25.1. The average Bonchev–Trinajstić information content (AvgIpc) is 3.88. The Kier molecular flexibility index (Phi) is 12.4. The van der Waals surface area contributed by atoms with Crippen molar-refractivity contribution in [3.05, 3.63) is 0 Å². The minimum atomic E-state index is 0.617. The van der Waals surface area contributed by atoms with Crippen LogP contribution in [0, 0.1) is 82.9 Å². The minimum Gasteiger partial charge on any atom is -0.374 e. The van der Waals surface area contributed by atoms with Crippen molar-refractivity contribution in [2.75, 3.05) is 0 Å². The fourth-order valence-electron chi connectivity index (χ4n) is 20.4. The van der Waals surface area contributed by atoms with Gasteiger partial charge in [0.15, 0.2) is 0 Å². The number of hydrogen-bond donors (Lipinski definition) is 0. The summed E-state index contributed by atoms with van der Waals surface area (Å²) in [5, 5.41) is 1.92. The molecule has 12 fully saturated rings. The van der Waals surface area contributed by atoms with E-state index in [0.29, 0.717) is 12.2 Å². The van der Waals surface area contributed by atoms with E-state index in [9.17, 15) is 0 Å². The molecule has 2 nitrogen and oxygen atoms in total. The number of fused-ring (bicyclic) bond motifs is 9. The van der Waals surface area contributed by atoms with Crippen molar-refractivity contribution in [1.29, 1.82) is 0 Å². The van der Waals surface area contributed by atoms with Crippen molar-refractivity contribution in [2.24, 2.45) is 82.9 Å². The molecule has 10 aliphatic carbocycles. The first-order chi connectivity index (χ1) is 29.2. The zero-order chi connectivity index (χ0) is 38.9. The number of ether oxygens (including phenoxy) is 1. The molecule has 0 spiro atoms. The summed E-state index contributed by atoms with van der Waals surface area (Å²) >= 11 is 2.46. The molecular weight excluding hydrogens is 735 g/mol. The normalized spacial score (nSPS) is 53.9. The highest BCUT2D eigenvalue weighted by molar-refractivity contribution is 8.00. The van der Waals surface area contributed by atoms with Crippen LogP contribution < -0.4 is 0 Å². The molecule has 2 heterocycles. The van der Waals surface area contributed by atoms with E-state index in [1.165, 1.54) is 89.9 Å². The first-order valence-corrected chi connectivity index (χ1v) is 29.3. The van der Waals surface area contributed by atoms with Crippen LogP contribution in [0.4, 0.5) is 0 Å². The van der Waals surface area contributed by atoms with E-state index in [2.05, 4.69) is 16.7 Å². The van der Waals surface area contributed by atoms with Gasteiger partial charge in [-0.2, -0.15) is 11.8 Å². The maximum absolute atomic E-state index is 7.71. The lowest BCUT2D eigenvalue weighted by molar-refractivity contribution is -0.0810. The smallest absolute Gasteiger partial charge is 0.0652 e. The fourth-order valence-corrected chi connectivity index (χ4v) is 22.5. The molecule has 0 radical (unpaired) electrons.